The van der Waals surface area contributed by atoms with Crippen molar-refractivity contribution in [3.8, 4) is 0 Å². The molecule has 0 amide bonds. The molecule has 0 atom stereocenters. The van der Waals surface area contributed by atoms with E-state index >= 15 is 0 Å². The first-order valence-corrected chi connectivity index (χ1v) is 7.67. The summed E-state index contributed by atoms with van der Waals surface area (Å²) in [6, 6.07) is 6.44. The van der Waals surface area contributed by atoms with E-state index in [0.717, 1.165) is 58.2 Å². The number of fused-ring (bicyclic) bond motifs is 2. The fourth-order valence-electron chi connectivity index (χ4n) is 3.30. The summed E-state index contributed by atoms with van der Waals surface area (Å²) in [4.78, 5) is 4.81. The molecule has 1 aromatic carbocycles. The van der Waals surface area contributed by atoms with Crippen LogP contribution in [0.5, 0.6) is 0 Å². The number of halogens is 1. The fourth-order valence-corrected chi connectivity index (χ4v) is 3.30. The van der Waals surface area contributed by atoms with Gasteiger partial charge in [-0.3, -0.25) is 0 Å². The lowest BCUT2D eigenvalue weighted by Crippen LogP contribution is -2.06. The first kappa shape index (κ1) is 12.8. The highest BCUT2D eigenvalue weighted by molar-refractivity contribution is 6.03. The summed E-state index contributed by atoms with van der Waals surface area (Å²) >= 11 is 0. The molecular formula is C17H13FN4O. The Morgan fingerprint density at radius 2 is 1.96 bits per heavy atom. The number of pyridine rings is 1. The molecule has 5 rings (SSSR count). The Hall–Kier alpha value is -2.76. The third-order valence-corrected chi connectivity index (χ3v) is 4.42. The first-order chi connectivity index (χ1) is 11.3. The molecule has 1 aliphatic rings. The molecule has 0 bridgehead atoms. The minimum absolute atomic E-state index is 0.238. The Bertz CT molecular complexity index is 1030. The number of rotatable bonds is 2. The van der Waals surface area contributed by atoms with Crippen LogP contribution in [-0.2, 0) is 19.4 Å². The largest absolute Gasteiger partial charge is 0.355 e. The van der Waals surface area contributed by atoms with Gasteiger partial charge in [-0.25, -0.2) is 14.1 Å². The standard InChI is InChI=1S/C17H13FN4O/c18-11-6-4-10(5-7-11)9-22-17-12(8-19-22)16-15-13(20-17)2-1-3-14(15)21-23-16/h4-8H,1-3,9H2. The van der Waals surface area contributed by atoms with E-state index < -0.39 is 0 Å². The molecule has 6 heteroatoms. The van der Waals surface area contributed by atoms with Crippen molar-refractivity contribution in [2.75, 3.05) is 0 Å². The van der Waals surface area contributed by atoms with Gasteiger partial charge in [-0.15, -0.1) is 0 Å². The zero-order chi connectivity index (χ0) is 15.4. The lowest BCUT2D eigenvalue weighted by atomic mass is 9.99. The molecule has 23 heavy (non-hydrogen) atoms. The van der Waals surface area contributed by atoms with Gasteiger partial charge in [-0.05, 0) is 37.0 Å². The van der Waals surface area contributed by atoms with Crippen LogP contribution in [0.25, 0.3) is 22.0 Å². The zero-order valence-corrected chi connectivity index (χ0v) is 12.3. The molecule has 3 heterocycles. The Morgan fingerprint density at radius 3 is 2.83 bits per heavy atom. The normalized spacial score (nSPS) is 14.0. The number of aromatic nitrogens is 4. The number of hydrogen-bond acceptors (Lipinski definition) is 4. The summed E-state index contributed by atoms with van der Waals surface area (Å²) in [5, 5.41) is 10.6. The lowest BCUT2D eigenvalue weighted by molar-refractivity contribution is 0.447. The van der Waals surface area contributed by atoms with Crippen LogP contribution >= 0.6 is 0 Å². The molecule has 0 radical (unpaired) electrons. The molecule has 0 fully saturated rings. The lowest BCUT2D eigenvalue weighted by Gasteiger charge is -2.10. The van der Waals surface area contributed by atoms with E-state index in [-0.39, 0.29) is 5.82 Å². The zero-order valence-electron chi connectivity index (χ0n) is 12.3. The summed E-state index contributed by atoms with van der Waals surface area (Å²) in [5.74, 6) is -0.238. The minimum atomic E-state index is -0.238. The van der Waals surface area contributed by atoms with Gasteiger partial charge in [0.2, 0.25) is 0 Å². The van der Waals surface area contributed by atoms with Gasteiger partial charge in [0.05, 0.1) is 34.9 Å². The van der Waals surface area contributed by atoms with E-state index in [9.17, 15) is 4.39 Å². The van der Waals surface area contributed by atoms with Crippen molar-refractivity contribution in [1.29, 1.82) is 0 Å². The second-order valence-corrected chi connectivity index (χ2v) is 5.91. The average molecular weight is 308 g/mol. The van der Waals surface area contributed by atoms with Crippen molar-refractivity contribution in [1.82, 2.24) is 19.9 Å². The molecule has 0 aliphatic heterocycles. The van der Waals surface area contributed by atoms with Gasteiger partial charge >= 0.3 is 0 Å². The summed E-state index contributed by atoms with van der Waals surface area (Å²) in [5.41, 5.74) is 4.59. The Labute approximate surface area is 130 Å². The van der Waals surface area contributed by atoms with Crippen molar-refractivity contribution in [2.24, 2.45) is 0 Å². The molecule has 0 unspecified atom stereocenters. The monoisotopic (exact) mass is 308 g/mol. The summed E-state index contributed by atoms with van der Waals surface area (Å²) < 4.78 is 20.4. The fraction of sp³-hybridized carbons (Fsp3) is 0.235. The maximum absolute atomic E-state index is 13.0. The minimum Gasteiger partial charge on any atom is -0.355 e. The van der Waals surface area contributed by atoms with Crippen molar-refractivity contribution in [2.45, 2.75) is 25.8 Å². The first-order valence-electron chi connectivity index (χ1n) is 7.67. The Morgan fingerprint density at radius 1 is 1.13 bits per heavy atom. The second-order valence-electron chi connectivity index (χ2n) is 5.91. The van der Waals surface area contributed by atoms with Gasteiger partial charge in [0, 0.05) is 0 Å². The summed E-state index contributed by atoms with van der Waals surface area (Å²) in [6.07, 6.45) is 4.69. The highest BCUT2D eigenvalue weighted by Gasteiger charge is 2.23. The molecule has 1 aliphatic carbocycles. The Balaban J connectivity index is 1.68. The van der Waals surface area contributed by atoms with Gasteiger partial charge in [-0.1, -0.05) is 17.3 Å². The highest BCUT2D eigenvalue weighted by Crippen LogP contribution is 2.33. The van der Waals surface area contributed by atoms with Gasteiger partial charge in [0.15, 0.2) is 11.2 Å². The van der Waals surface area contributed by atoms with Crippen LogP contribution in [0, 0.1) is 5.82 Å². The highest BCUT2D eigenvalue weighted by atomic mass is 19.1. The topological polar surface area (TPSA) is 56.7 Å². The quantitative estimate of drug-likeness (QED) is 0.570. The van der Waals surface area contributed by atoms with Crippen LogP contribution in [-0.4, -0.2) is 19.9 Å². The molecule has 3 aromatic heterocycles. The SMILES string of the molecule is Fc1ccc(Cn2ncc3c4onc5c4c(nc32)CCC5)cc1. The van der Waals surface area contributed by atoms with Crippen LogP contribution in [0.2, 0.25) is 0 Å². The molecule has 4 aromatic rings. The maximum Gasteiger partial charge on any atom is 0.181 e. The van der Waals surface area contributed by atoms with Crippen LogP contribution in [0.4, 0.5) is 4.39 Å². The smallest absolute Gasteiger partial charge is 0.181 e. The van der Waals surface area contributed by atoms with Gasteiger partial charge < -0.3 is 4.52 Å². The molecular weight excluding hydrogens is 295 g/mol. The van der Waals surface area contributed by atoms with Gasteiger partial charge in [0.25, 0.3) is 0 Å². The van der Waals surface area contributed by atoms with E-state index in [1.165, 1.54) is 12.1 Å². The van der Waals surface area contributed by atoms with Crippen LogP contribution < -0.4 is 0 Å². The summed E-state index contributed by atoms with van der Waals surface area (Å²) in [7, 11) is 0. The van der Waals surface area contributed by atoms with E-state index in [1.54, 1.807) is 18.3 Å². The molecule has 0 saturated heterocycles. The number of benzene rings is 1. The van der Waals surface area contributed by atoms with E-state index in [0.29, 0.717) is 6.54 Å². The molecule has 0 N–H and O–H groups in total. The third kappa shape index (κ3) is 1.87. The molecule has 5 nitrogen and oxygen atoms in total. The van der Waals surface area contributed by atoms with Crippen molar-refractivity contribution in [3.05, 3.63) is 53.2 Å². The van der Waals surface area contributed by atoms with Crippen LogP contribution in [0.1, 0.15) is 23.4 Å². The van der Waals surface area contributed by atoms with E-state index in [4.69, 9.17) is 9.51 Å². The number of aryl methyl sites for hydroxylation is 2. The maximum atomic E-state index is 13.0. The molecule has 114 valence electrons. The molecule has 0 saturated carbocycles. The van der Waals surface area contributed by atoms with Crippen LogP contribution in [0.15, 0.2) is 35.0 Å². The number of hydrogen-bond donors (Lipinski definition) is 0. The Kier molecular flexibility index (Phi) is 2.56. The van der Waals surface area contributed by atoms with Crippen molar-refractivity contribution < 1.29 is 8.91 Å². The van der Waals surface area contributed by atoms with Crippen molar-refractivity contribution >= 4 is 22.0 Å². The second kappa shape index (κ2) is 4.62. The van der Waals surface area contributed by atoms with E-state index in [1.807, 2.05) is 4.68 Å². The predicted molar refractivity (Wildman–Crippen MR) is 82.6 cm³/mol. The molecule has 0 spiro atoms. The van der Waals surface area contributed by atoms with Gasteiger partial charge in [0.1, 0.15) is 5.82 Å². The summed E-state index contributed by atoms with van der Waals surface area (Å²) in [6.45, 7) is 0.544. The van der Waals surface area contributed by atoms with Crippen molar-refractivity contribution in [3.63, 3.8) is 0 Å². The average Bonchev–Trinajstić information content (AvgIpc) is 3.16. The number of nitrogens with zero attached hydrogens (tertiary/aromatic N) is 4. The van der Waals surface area contributed by atoms with Crippen LogP contribution in [0.3, 0.4) is 0 Å². The third-order valence-electron chi connectivity index (χ3n) is 4.42. The van der Waals surface area contributed by atoms with E-state index in [2.05, 4.69) is 10.3 Å². The van der Waals surface area contributed by atoms with Gasteiger partial charge in [-0.2, -0.15) is 5.10 Å². The predicted octanol–water partition coefficient (Wildman–Crippen LogP) is 3.25.